The van der Waals surface area contributed by atoms with Crippen LogP contribution in [0.25, 0.3) is 0 Å². The Morgan fingerprint density at radius 1 is 1.15 bits per heavy atom. The van der Waals surface area contributed by atoms with Crippen LogP contribution in [-0.4, -0.2) is 18.0 Å². The van der Waals surface area contributed by atoms with Gasteiger partial charge in [0.05, 0.1) is 0 Å². The molecule has 0 spiro atoms. The van der Waals surface area contributed by atoms with E-state index in [1.807, 2.05) is 0 Å². The zero-order chi connectivity index (χ0) is 18.7. The van der Waals surface area contributed by atoms with E-state index in [1.54, 1.807) is 12.1 Å². The normalized spacial score (nSPS) is 19.3. The molecule has 2 aromatic carbocycles. The molecule has 2 N–H and O–H groups in total. The third kappa shape index (κ3) is 4.77. The number of carbonyl (C=O) groups excluding carboxylic acids is 1. The molecule has 7 heteroatoms. The van der Waals surface area contributed by atoms with Gasteiger partial charge in [0.1, 0.15) is 5.82 Å². The van der Waals surface area contributed by atoms with Crippen LogP contribution in [0.2, 0.25) is 5.02 Å². The summed E-state index contributed by atoms with van der Waals surface area (Å²) < 4.78 is 38.7. The summed E-state index contributed by atoms with van der Waals surface area (Å²) in [7, 11) is 0. The van der Waals surface area contributed by atoms with Gasteiger partial charge in [-0.05, 0) is 42.7 Å². The summed E-state index contributed by atoms with van der Waals surface area (Å²) in [6.07, 6.45) is -1.03. The first-order valence-corrected chi connectivity index (χ1v) is 8.66. The standard InChI is InChI=1S/C19H18ClF3N2O/c20-14-5-13(6-15(21)7-14)19(26)25-17-8-16(9-17)24-10-11-2-1-3-12(4-11)18(22)23/h1-7,16-18,24H,8-10H2,(H,25,26). The lowest BCUT2D eigenvalue weighted by atomic mass is 9.86. The number of benzene rings is 2. The maximum atomic E-state index is 13.3. The second-order valence-corrected chi connectivity index (χ2v) is 6.86. The Hall–Kier alpha value is -2.05. The summed E-state index contributed by atoms with van der Waals surface area (Å²) in [5.41, 5.74) is 0.997. The Bertz CT molecular complexity index is 774. The van der Waals surface area contributed by atoms with Crippen LogP contribution in [0.5, 0.6) is 0 Å². The Morgan fingerprint density at radius 2 is 1.92 bits per heavy atom. The van der Waals surface area contributed by atoms with Crippen molar-refractivity contribution >= 4 is 17.5 Å². The number of amides is 1. The zero-order valence-corrected chi connectivity index (χ0v) is 14.6. The molecular weight excluding hydrogens is 365 g/mol. The Balaban J connectivity index is 1.44. The molecule has 0 unspecified atom stereocenters. The number of halogens is 4. The first-order chi connectivity index (χ1) is 12.4. The van der Waals surface area contributed by atoms with E-state index in [-0.39, 0.29) is 34.1 Å². The molecule has 2 aromatic rings. The van der Waals surface area contributed by atoms with Gasteiger partial charge in [-0.15, -0.1) is 0 Å². The van der Waals surface area contributed by atoms with E-state index in [4.69, 9.17) is 11.6 Å². The molecule has 0 radical (unpaired) electrons. The molecule has 3 nitrogen and oxygen atoms in total. The van der Waals surface area contributed by atoms with Crippen molar-refractivity contribution in [2.75, 3.05) is 0 Å². The van der Waals surface area contributed by atoms with Crippen LogP contribution in [0.3, 0.4) is 0 Å². The molecule has 0 heterocycles. The fourth-order valence-electron chi connectivity index (χ4n) is 2.96. The van der Waals surface area contributed by atoms with E-state index in [2.05, 4.69) is 10.6 Å². The summed E-state index contributed by atoms with van der Waals surface area (Å²) in [5, 5.41) is 6.30. The first kappa shape index (κ1) is 18.7. The van der Waals surface area contributed by atoms with Gasteiger partial charge in [0.25, 0.3) is 12.3 Å². The Kier molecular flexibility index (Phi) is 5.84. The quantitative estimate of drug-likeness (QED) is 0.774. The predicted octanol–water partition coefficient (Wildman–Crippen LogP) is 4.47. The van der Waals surface area contributed by atoms with Crippen molar-refractivity contribution in [1.82, 2.24) is 10.6 Å². The van der Waals surface area contributed by atoms with Crippen LogP contribution in [0, 0.1) is 5.82 Å². The van der Waals surface area contributed by atoms with Gasteiger partial charge in [0.2, 0.25) is 0 Å². The van der Waals surface area contributed by atoms with Crippen LogP contribution in [-0.2, 0) is 6.54 Å². The van der Waals surface area contributed by atoms with Crippen molar-refractivity contribution in [1.29, 1.82) is 0 Å². The smallest absolute Gasteiger partial charge is 0.263 e. The highest BCUT2D eigenvalue weighted by Crippen LogP contribution is 2.23. The van der Waals surface area contributed by atoms with Crippen LogP contribution in [0.1, 0.15) is 40.8 Å². The SMILES string of the molecule is O=C(NC1CC(NCc2cccc(C(F)F)c2)C1)c1cc(F)cc(Cl)c1. The average Bonchev–Trinajstić information content (AvgIpc) is 2.55. The number of nitrogens with one attached hydrogen (secondary N) is 2. The second kappa shape index (κ2) is 8.10. The lowest BCUT2D eigenvalue weighted by Crippen LogP contribution is -2.52. The molecule has 1 saturated carbocycles. The van der Waals surface area contributed by atoms with Crippen molar-refractivity contribution in [2.45, 2.75) is 37.9 Å². The van der Waals surface area contributed by atoms with Crippen LogP contribution >= 0.6 is 11.6 Å². The van der Waals surface area contributed by atoms with E-state index in [9.17, 15) is 18.0 Å². The molecule has 0 aliphatic heterocycles. The number of hydrogen-bond acceptors (Lipinski definition) is 2. The van der Waals surface area contributed by atoms with Crippen molar-refractivity contribution in [3.8, 4) is 0 Å². The highest BCUT2D eigenvalue weighted by atomic mass is 35.5. The first-order valence-electron chi connectivity index (χ1n) is 8.28. The molecule has 1 fully saturated rings. The topological polar surface area (TPSA) is 41.1 Å². The minimum Gasteiger partial charge on any atom is -0.349 e. The molecule has 0 atom stereocenters. The predicted molar refractivity (Wildman–Crippen MR) is 93.9 cm³/mol. The van der Waals surface area contributed by atoms with Crippen molar-refractivity contribution in [2.24, 2.45) is 0 Å². The summed E-state index contributed by atoms with van der Waals surface area (Å²) in [5.74, 6) is -0.915. The van der Waals surface area contributed by atoms with Crippen molar-refractivity contribution < 1.29 is 18.0 Å². The van der Waals surface area contributed by atoms with Crippen LogP contribution in [0.4, 0.5) is 13.2 Å². The molecule has 0 aromatic heterocycles. The second-order valence-electron chi connectivity index (χ2n) is 6.42. The number of alkyl halides is 2. The molecule has 0 bridgehead atoms. The van der Waals surface area contributed by atoms with Gasteiger partial charge in [0.15, 0.2) is 0 Å². The molecule has 1 amide bonds. The summed E-state index contributed by atoms with van der Waals surface area (Å²) in [6.45, 7) is 0.491. The number of carbonyl (C=O) groups is 1. The van der Waals surface area contributed by atoms with E-state index in [0.717, 1.165) is 30.5 Å². The monoisotopic (exact) mass is 382 g/mol. The molecular formula is C19H18ClF3N2O. The number of hydrogen-bond donors (Lipinski definition) is 2. The highest BCUT2D eigenvalue weighted by Gasteiger charge is 2.30. The summed E-state index contributed by atoms with van der Waals surface area (Å²) in [6, 6.07) is 10.2. The van der Waals surface area contributed by atoms with Gasteiger partial charge in [-0.1, -0.05) is 29.8 Å². The third-order valence-corrected chi connectivity index (χ3v) is 4.61. The minimum atomic E-state index is -2.48. The number of rotatable bonds is 6. The summed E-state index contributed by atoms with van der Waals surface area (Å²) in [4.78, 5) is 12.1. The van der Waals surface area contributed by atoms with E-state index < -0.39 is 12.2 Å². The lowest BCUT2D eigenvalue weighted by Gasteiger charge is -2.36. The van der Waals surface area contributed by atoms with Gasteiger partial charge in [-0.25, -0.2) is 13.2 Å². The van der Waals surface area contributed by atoms with Crippen molar-refractivity contribution in [3.05, 3.63) is 70.0 Å². The van der Waals surface area contributed by atoms with Crippen molar-refractivity contribution in [3.63, 3.8) is 0 Å². The minimum absolute atomic E-state index is 0.00515. The molecule has 1 aliphatic rings. The van der Waals surface area contributed by atoms with Gasteiger partial charge < -0.3 is 10.6 Å². The van der Waals surface area contributed by atoms with Crippen LogP contribution < -0.4 is 10.6 Å². The molecule has 26 heavy (non-hydrogen) atoms. The van der Waals surface area contributed by atoms with E-state index in [0.29, 0.717) is 6.54 Å². The summed E-state index contributed by atoms with van der Waals surface area (Å²) >= 11 is 5.75. The Labute approximate surface area is 154 Å². The van der Waals surface area contributed by atoms with Gasteiger partial charge in [-0.3, -0.25) is 4.79 Å². The van der Waals surface area contributed by atoms with Gasteiger partial charge >= 0.3 is 0 Å². The van der Waals surface area contributed by atoms with Gasteiger partial charge in [0, 0.05) is 34.8 Å². The van der Waals surface area contributed by atoms with Gasteiger partial charge in [-0.2, -0.15) is 0 Å². The molecule has 138 valence electrons. The highest BCUT2D eigenvalue weighted by molar-refractivity contribution is 6.31. The zero-order valence-electron chi connectivity index (χ0n) is 13.8. The Morgan fingerprint density at radius 3 is 2.62 bits per heavy atom. The third-order valence-electron chi connectivity index (χ3n) is 4.40. The van der Waals surface area contributed by atoms with E-state index >= 15 is 0 Å². The fraction of sp³-hybridized carbons (Fsp3) is 0.316. The fourth-order valence-corrected chi connectivity index (χ4v) is 3.18. The largest absolute Gasteiger partial charge is 0.349 e. The van der Waals surface area contributed by atoms with E-state index in [1.165, 1.54) is 18.2 Å². The van der Waals surface area contributed by atoms with Crippen LogP contribution in [0.15, 0.2) is 42.5 Å². The maximum absolute atomic E-state index is 13.3. The molecule has 0 saturated heterocycles. The average molecular weight is 383 g/mol. The molecule has 1 aliphatic carbocycles. The lowest BCUT2D eigenvalue weighted by molar-refractivity contribution is 0.0901. The molecule has 3 rings (SSSR count). The maximum Gasteiger partial charge on any atom is 0.263 e.